The minimum absolute atomic E-state index is 0.00441. The Kier molecular flexibility index (Phi) is 3.75. The van der Waals surface area contributed by atoms with Crippen molar-refractivity contribution in [2.75, 3.05) is 30.3 Å². The van der Waals surface area contributed by atoms with Crippen LogP contribution in [0.15, 0.2) is 6.33 Å². The highest BCUT2D eigenvalue weighted by Crippen LogP contribution is 2.27. The van der Waals surface area contributed by atoms with Crippen LogP contribution < -0.4 is 17.2 Å². The Balaban J connectivity index is 1.34. The van der Waals surface area contributed by atoms with Crippen molar-refractivity contribution in [3.05, 3.63) is 23.3 Å². The van der Waals surface area contributed by atoms with Crippen LogP contribution in [0.1, 0.15) is 23.0 Å². The molecule has 0 bridgehead atoms. The molecule has 6 N–H and O–H groups in total. The Morgan fingerprint density at radius 1 is 1.10 bits per heavy atom. The fourth-order valence-electron chi connectivity index (χ4n) is 3.80. The molecule has 5 heterocycles. The van der Waals surface area contributed by atoms with Crippen molar-refractivity contribution in [3.8, 4) is 0 Å². The number of imidazole rings is 1. The zero-order chi connectivity index (χ0) is 21.2. The number of amides is 1. The van der Waals surface area contributed by atoms with Crippen LogP contribution in [0, 0.1) is 13.8 Å². The van der Waals surface area contributed by atoms with E-state index in [2.05, 4.69) is 30.0 Å². The van der Waals surface area contributed by atoms with Gasteiger partial charge in [0, 0.05) is 30.0 Å². The number of rotatable bonds is 3. The van der Waals surface area contributed by atoms with Gasteiger partial charge in [-0.1, -0.05) is 0 Å². The fourth-order valence-corrected chi connectivity index (χ4v) is 3.80. The van der Waals surface area contributed by atoms with Crippen molar-refractivity contribution >= 4 is 40.6 Å². The summed E-state index contributed by atoms with van der Waals surface area (Å²) in [6.45, 7) is 4.81. The summed E-state index contributed by atoms with van der Waals surface area (Å²) < 4.78 is 3.45. The molecule has 1 amide bonds. The molecule has 0 spiro atoms. The van der Waals surface area contributed by atoms with Gasteiger partial charge in [0.25, 0.3) is 5.78 Å². The van der Waals surface area contributed by atoms with Crippen molar-refractivity contribution < 1.29 is 4.79 Å². The molecule has 13 heteroatoms. The molecule has 0 radical (unpaired) electrons. The van der Waals surface area contributed by atoms with Crippen LogP contribution in [0.25, 0.3) is 16.9 Å². The summed E-state index contributed by atoms with van der Waals surface area (Å²) in [7, 11) is 0. The van der Waals surface area contributed by atoms with Crippen LogP contribution in [0.4, 0.5) is 17.7 Å². The first kappa shape index (κ1) is 18.0. The normalized spacial score (nSPS) is 14.5. The average molecular weight is 408 g/mol. The molecule has 30 heavy (non-hydrogen) atoms. The summed E-state index contributed by atoms with van der Waals surface area (Å²) >= 11 is 0. The fraction of sp³-hybridized carbons (Fsp3) is 0.353. The second kappa shape index (κ2) is 6.23. The molecule has 1 aliphatic heterocycles. The number of anilines is 3. The van der Waals surface area contributed by atoms with Gasteiger partial charge in [-0.2, -0.15) is 19.5 Å². The van der Waals surface area contributed by atoms with Crippen LogP contribution in [0.2, 0.25) is 0 Å². The molecular weight excluding hydrogens is 388 g/mol. The molecule has 1 aliphatic rings. The number of hydrogen-bond acceptors (Lipinski definition) is 10. The molecule has 154 valence electrons. The summed E-state index contributed by atoms with van der Waals surface area (Å²) in [6.07, 6.45) is 1.88. The molecule has 1 saturated heterocycles. The van der Waals surface area contributed by atoms with Gasteiger partial charge in [-0.25, -0.2) is 9.97 Å². The van der Waals surface area contributed by atoms with E-state index in [0.717, 1.165) is 17.0 Å². The highest BCUT2D eigenvalue weighted by molar-refractivity contribution is 5.83. The summed E-state index contributed by atoms with van der Waals surface area (Å²) in [6, 6.07) is 0.0468. The van der Waals surface area contributed by atoms with Crippen LogP contribution in [-0.2, 0) is 11.2 Å². The van der Waals surface area contributed by atoms with Gasteiger partial charge in [0.15, 0.2) is 11.5 Å². The summed E-state index contributed by atoms with van der Waals surface area (Å²) in [5, 5.41) is 4.14. The minimum atomic E-state index is 0.00441. The van der Waals surface area contributed by atoms with Crippen molar-refractivity contribution in [1.82, 2.24) is 44.0 Å². The van der Waals surface area contributed by atoms with Crippen LogP contribution >= 0.6 is 0 Å². The van der Waals surface area contributed by atoms with Crippen LogP contribution in [-0.4, -0.2) is 63.0 Å². The molecule has 0 saturated carbocycles. The highest BCUT2D eigenvalue weighted by Gasteiger charge is 2.33. The van der Waals surface area contributed by atoms with Gasteiger partial charge in [0.2, 0.25) is 17.8 Å². The number of carbonyl (C=O) groups excluding carboxylic acids is 1. The summed E-state index contributed by atoms with van der Waals surface area (Å²) in [5.74, 6) is 0.916. The molecule has 4 aromatic heterocycles. The molecule has 13 nitrogen and oxygen atoms in total. The molecule has 1 fully saturated rings. The Morgan fingerprint density at radius 2 is 1.87 bits per heavy atom. The largest absolute Gasteiger partial charge is 0.382 e. The van der Waals surface area contributed by atoms with Gasteiger partial charge in [0.05, 0.1) is 18.8 Å². The predicted molar refractivity (Wildman–Crippen MR) is 108 cm³/mol. The molecule has 0 aromatic carbocycles. The number of likely N-dealkylation sites (tertiary alicyclic amines) is 1. The van der Waals surface area contributed by atoms with E-state index in [1.807, 2.05) is 18.4 Å². The van der Waals surface area contributed by atoms with E-state index >= 15 is 0 Å². The second-order valence-electron chi connectivity index (χ2n) is 7.36. The van der Waals surface area contributed by atoms with E-state index in [0.29, 0.717) is 30.0 Å². The van der Waals surface area contributed by atoms with Crippen molar-refractivity contribution in [2.45, 2.75) is 26.3 Å². The number of fused-ring (bicyclic) bond motifs is 2. The summed E-state index contributed by atoms with van der Waals surface area (Å²) in [4.78, 5) is 35.6. The lowest BCUT2D eigenvalue weighted by Crippen LogP contribution is -2.51. The van der Waals surface area contributed by atoms with Gasteiger partial charge in [-0.05, 0) is 13.8 Å². The van der Waals surface area contributed by atoms with Gasteiger partial charge < -0.3 is 26.7 Å². The van der Waals surface area contributed by atoms with E-state index in [1.54, 1.807) is 15.7 Å². The van der Waals surface area contributed by atoms with Gasteiger partial charge in [0.1, 0.15) is 5.52 Å². The predicted octanol–water partition coefficient (Wildman–Crippen LogP) is -0.747. The van der Waals surface area contributed by atoms with Crippen LogP contribution in [0.5, 0.6) is 0 Å². The lowest BCUT2D eigenvalue weighted by atomic mass is 10.0. The number of aryl methyl sites for hydroxylation is 2. The van der Waals surface area contributed by atoms with Gasteiger partial charge in [-0.3, -0.25) is 4.79 Å². The number of carbonyl (C=O) groups is 1. The maximum Gasteiger partial charge on any atom is 0.254 e. The maximum atomic E-state index is 12.9. The van der Waals surface area contributed by atoms with Gasteiger partial charge >= 0.3 is 0 Å². The van der Waals surface area contributed by atoms with E-state index < -0.39 is 0 Å². The van der Waals surface area contributed by atoms with E-state index in [4.69, 9.17) is 17.2 Å². The minimum Gasteiger partial charge on any atom is -0.382 e. The number of nitrogens with two attached hydrogens (primary N) is 3. The van der Waals surface area contributed by atoms with Crippen molar-refractivity contribution in [2.24, 2.45) is 0 Å². The molecule has 0 atom stereocenters. The molecule has 0 unspecified atom stereocenters. The zero-order valence-electron chi connectivity index (χ0n) is 16.4. The molecule has 4 aromatic rings. The Hall–Kier alpha value is -4.03. The third-order valence-corrected chi connectivity index (χ3v) is 5.47. The number of nitrogens with zero attached hydrogens (tertiary/aromatic N) is 9. The SMILES string of the molecule is Cc1nc2nc(N)nn2c(C)c1CC(=O)N1CC(n2cnc3c(N)nc(N)nc32)C1. The van der Waals surface area contributed by atoms with Crippen LogP contribution in [0.3, 0.4) is 0 Å². The van der Waals surface area contributed by atoms with E-state index in [9.17, 15) is 4.79 Å². The summed E-state index contributed by atoms with van der Waals surface area (Å²) in [5.41, 5.74) is 20.7. The van der Waals surface area contributed by atoms with E-state index in [-0.39, 0.29) is 36.1 Å². The zero-order valence-corrected chi connectivity index (χ0v) is 16.4. The standard InChI is InChI=1S/C17H20N12O/c1-7-10(8(2)29-17(22-7)25-16(20)26-29)3-11(30)27-4-9(5-27)28-6-21-12-13(18)23-15(19)24-14(12)28/h6,9H,3-5H2,1-2H3,(H2,20,26)(H4,18,19,23,24). The van der Waals surface area contributed by atoms with Crippen molar-refractivity contribution in [3.63, 3.8) is 0 Å². The second-order valence-corrected chi connectivity index (χ2v) is 7.36. The Morgan fingerprint density at radius 3 is 2.63 bits per heavy atom. The van der Waals surface area contributed by atoms with E-state index in [1.165, 1.54) is 0 Å². The Bertz CT molecular complexity index is 1320. The number of hydrogen-bond donors (Lipinski definition) is 3. The lowest BCUT2D eigenvalue weighted by Gasteiger charge is -2.40. The third-order valence-electron chi connectivity index (χ3n) is 5.47. The molecular formula is C17H20N12O. The van der Waals surface area contributed by atoms with Crippen molar-refractivity contribution in [1.29, 1.82) is 0 Å². The third kappa shape index (κ3) is 2.66. The van der Waals surface area contributed by atoms with Gasteiger partial charge in [-0.15, -0.1) is 5.10 Å². The highest BCUT2D eigenvalue weighted by atomic mass is 16.2. The topological polar surface area (TPSA) is 185 Å². The molecule has 0 aliphatic carbocycles. The monoisotopic (exact) mass is 408 g/mol. The quantitative estimate of drug-likeness (QED) is 0.389. The maximum absolute atomic E-state index is 12.9. The number of nitrogen functional groups attached to an aromatic ring is 3. The first-order valence-electron chi connectivity index (χ1n) is 9.33. The first-order chi connectivity index (χ1) is 14.3. The number of aromatic nitrogens is 8. The smallest absolute Gasteiger partial charge is 0.254 e. The average Bonchev–Trinajstić information content (AvgIpc) is 3.21. The molecule has 5 rings (SSSR count). The Labute approximate surface area is 169 Å². The first-order valence-corrected chi connectivity index (χ1v) is 9.33. The lowest BCUT2D eigenvalue weighted by molar-refractivity contribution is -0.136.